The highest BCUT2D eigenvalue weighted by Gasteiger charge is 2.41. The van der Waals surface area contributed by atoms with Crippen molar-refractivity contribution in [3.05, 3.63) is 69.3 Å². The van der Waals surface area contributed by atoms with Crippen LogP contribution in [0.2, 0.25) is 10.0 Å². The van der Waals surface area contributed by atoms with Crippen molar-refractivity contribution in [2.75, 3.05) is 11.6 Å². The molecule has 10 nitrogen and oxygen atoms in total. The molecule has 2 amide bonds. The van der Waals surface area contributed by atoms with Crippen LogP contribution in [0.1, 0.15) is 57.6 Å². The zero-order valence-corrected chi connectivity index (χ0v) is 24.8. The van der Waals surface area contributed by atoms with E-state index in [4.69, 9.17) is 32.7 Å². The summed E-state index contributed by atoms with van der Waals surface area (Å²) in [4.78, 5) is 52.9. The second-order valence-corrected chi connectivity index (χ2v) is 12.2. The molecule has 1 aliphatic heterocycles. The summed E-state index contributed by atoms with van der Waals surface area (Å²) in [7, 11) is 0. The van der Waals surface area contributed by atoms with Crippen LogP contribution in [-0.2, 0) is 14.3 Å². The number of aromatic carboxylic acids is 1. The first-order valence-electron chi connectivity index (χ1n) is 12.6. The van der Waals surface area contributed by atoms with Gasteiger partial charge in [0.05, 0.1) is 22.8 Å². The molecule has 1 fully saturated rings. The van der Waals surface area contributed by atoms with Crippen LogP contribution in [0.25, 0.3) is 17.0 Å². The molecule has 1 aromatic heterocycles. The van der Waals surface area contributed by atoms with Crippen molar-refractivity contribution in [1.29, 1.82) is 0 Å². The topological polar surface area (TPSA) is 118 Å². The number of carboxylic acid groups (broad SMARTS) is 1. The van der Waals surface area contributed by atoms with Gasteiger partial charge >= 0.3 is 18.2 Å². The largest absolute Gasteiger partial charge is 0.477 e. The van der Waals surface area contributed by atoms with Gasteiger partial charge < -0.3 is 14.6 Å². The van der Waals surface area contributed by atoms with Crippen molar-refractivity contribution in [2.45, 2.75) is 52.7 Å². The van der Waals surface area contributed by atoms with E-state index in [2.05, 4.69) is 0 Å². The number of nitrogens with zero attached hydrogens (tertiary/aromatic N) is 3. The van der Waals surface area contributed by atoms with Crippen molar-refractivity contribution >= 4 is 69.9 Å². The number of benzene rings is 2. The molecule has 1 aliphatic rings. The Labute approximate surface area is 246 Å². The van der Waals surface area contributed by atoms with E-state index in [-0.39, 0.29) is 38.6 Å². The minimum atomic E-state index is -1.47. The Morgan fingerprint density at radius 3 is 2.07 bits per heavy atom. The van der Waals surface area contributed by atoms with Gasteiger partial charge in [0.2, 0.25) is 0 Å². The number of aromatic nitrogens is 1. The summed E-state index contributed by atoms with van der Waals surface area (Å²) in [6.45, 7) is 9.77. The molecule has 0 unspecified atom stereocenters. The molecule has 216 valence electrons. The third-order valence-electron chi connectivity index (χ3n) is 5.75. The van der Waals surface area contributed by atoms with Crippen molar-refractivity contribution in [1.82, 2.24) is 9.58 Å². The Hall–Kier alpha value is -4.02. The molecule has 0 aliphatic carbocycles. The fourth-order valence-electron chi connectivity index (χ4n) is 4.32. The Bertz CT molecular complexity index is 1600. The second-order valence-electron chi connectivity index (χ2n) is 11.3. The number of fused-ring (bicyclic) bond motifs is 1. The molecule has 0 saturated carbocycles. The van der Waals surface area contributed by atoms with Gasteiger partial charge in [-0.2, -0.15) is 0 Å². The van der Waals surface area contributed by atoms with E-state index >= 15 is 0 Å². The van der Waals surface area contributed by atoms with Gasteiger partial charge in [-0.15, -0.1) is 0 Å². The quantitative estimate of drug-likeness (QED) is 0.320. The molecule has 2 aromatic carbocycles. The van der Waals surface area contributed by atoms with E-state index < -0.39 is 41.0 Å². The number of para-hydroxylation sites is 1. The van der Waals surface area contributed by atoms with Crippen LogP contribution in [0.4, 0.5) is 15.3 Å². The summed E-state index contributed by atoms with van der Waals surface area (Å²) < 4.78 is 11.9. The number of carbonyl (C=O) groups is 4. The van der Waals surface area contributed by atoms with Gasteiger partial charge in [-0.05, 0) is 71.9 Å². The zero-order chi connectivity index (χ0) is 30.4. The predicted octanol–water partition coefficient (Wildman–Crippen LogP) is 7.01. The number of anilines is 1. The lowest BCUT2D eigenvalue weighted by Gasteiger charge is -2.29. The van der Waals surface area contributed by atoms with Gasteiger partial charge in [-0.3, -0.25) is 4.79 Å². The SMILES string of the molecule is CC(C)(C)OC(=O)N1C/C(=C\c2c(C(=O)O)n(C(=O)OC(C)(C)C)c3cc(Cl)cc(Cl)c23)C(=O)N1c1ccccc1. The van der Waals surface area contributed by atoms with Crippen LogP contribution in [-0.4, -0.2) is 56.5 Å². The van der Waals surface area contributed by atoms with Gasteiger partial charge in [-0.25, -0.2) is 29.0 Å². The second kappa shape index (κ2) is 10.8. The third-order valence-corrected chi connectivity index (χ3v) is 6.27. The summed E-state index contributed by atoms with van der Waals surface area (Å²) in [5.74, 6) is -2.07. The summed E-state index contributed by atoms with van der Waals surface area (Å²) in [5, 5.41) is 12.9. The molecule has 41 heavy (non-hydrogen) atoms. The van der Waals surface area contributed by atoms with Crippen LogP contribution < -0.4 is 5.01 Å². The molecule has 3 aromatic rings. The van der Waals surface area contributed by atoms with E-state index in [1.807, 2.05) is 0 Å². The first kappa shape index (κ1) is 30.0. The fraction of sp³-hybridized carbons (Fsp3) is 0.310. The molecule has 0 bridgehead atoms. The third kappa shape index (κ3) is 6.18. The maximum absolute atomic E-state index is 13.8. The van der Waals surface area contributed by atoms with Crippen LogP contribution >= 0.6 is 23.2 Å². The van der Waals surface area contributed by atoms with Crippen molar-refractivity contribution < 1.29 is 33.8 Å². The number of carbonyl (C=O) groups excluding carboxylic acids is 3. The first-order valence-corrected chi connectivity index (χ1v) is 13.3. The van der Waals surface area contributed by atoms with Crippen molar-refractivity contribution in [3.8, 4) is 0 Å². The summed E-state index contributed by atoms with van der Waals surface area (Å²) in [6, 6.07) is 11.3. The summed E-state index contributed by atoms with van der Waals surface area (Å²) in [5.41, 5.74) is -1.78. The number of halogens is 2. The Morgan fingerprint density at radius 1 is 0.927 bits per heavy atom. The van der Waals surface area contributed by atoms with Gasteiger partial charge in [0.15, 0.2) is 0 Å². The number of rotatable bonds is 3. The van der Waals surface area contributed by atoms with E-state index in [0.717, 1.165) is 14.6 Å². The van der Waals surface area contributed by atoms with Gasteiger partial charge in [0.1, 0.15) is 16.9 Å². The standard InChI is InChI=1S/C29H29Cl2N3O7/c1-28(2,3)40-26(38)32-15-16(24(35)34(32)18-10-8-7-9-11-18)12-19-22-20(31)13-17(30)14-21(22)33(23(19)25(36)37)27(39)41-29(4,5)6/h7-14H,15H2,1-6H3,(H,36,37)/b16-12+. The molecule has 4 rings (SSSR count). The Balaban J connectivity index is 1.96. The minimum Gasteiger partial charge on any atom is -0.477 e. The van der Waals surface area contributed by atoms with E-state index in [1.54, 1.807) is 71.9 Å². The lowest BCUT2D eigenvalue weighted by molar-refractivity contribution is -0.115. The van der Waals surface area contributed by atoms with E-state index in [9.17, 15) is 24.3 Å². The highest BCUT2D eigenvalue weighted by atomic mass is 35.5. The summed E-state index contributed by atoms with van der Waals surface area (Å²) in [6.07, 6.45) is -0.436. The van der Waals surface area contributed by atoms with Gasteiger partial charge in [0, 0.05) is 21.5 Å². The van der Waals surface area contributed by atoms with Crippen LogP contribution in [0.5, 0.6) is 0 Å². The normalized spacial score (nSPS) is 15.1. The maximum atomic E-state index is 13.8. The number of carboxylic acids is 1. The molecule has 1 N–H and O–H groups in total. The molecule has 0 radical (unpaired) electrons. The molecule has 1 saturated heterocycles. The summed E-state index contributed by atoms with van der Waals surface area (Å²) >= 11 is 12.8. The molecule has 2 heterocycles. The number of hydrazine groups is 1. The number of amides is 2. The number of hydrogen-bond acceptors (Lipinski definition) is 6. The maximum Gasteiger partial charge on any atom is 0.430 e. The fourth-order valence-corrected chi connectivity index (χ4v) is 4.91. The molecular weight excluding hydrogens is 573 g/mol. The molecule has 0 spiro atoms. The van der Waals surface area contributed by atoms with Gasteiger partial charge in [0.25, 0.3) is 5.91 Å². The van der Waals surface area contributed by atoms with Crippen LogP contribution in [0, 0.1) is 0 Å². The monoisotopic (exact) mass is 601 g/mol. The predicted molar refractivity (Wildman–Crippen MR) is 155 cm³/mol. The highest BCUT2D eigenvalue weighted by molar-refractivity contribution is 6.39. The molecular formula is C29H29Cl2N3O7. The average Bonchev–Trinajstić information content (AvgIpc) is 3.33. The number of ether oxygens (including phenoxy) is 2. The van der Waals surface area contributed by atoms with Crippen LogP contribution in [0.15, 0.2) is 48.0 Å². The molecule has 0 atom stereocenters. The van der Waals surface area contributed by atoms with Crippen molar-refractivity contribution in [3.63, 3.8) is 0 Å². The lowest BCUT2D eigenvalue weighted by Crippen LogP contribution is -2.45. The minimum absolute atomic E-state index is 0.0255. The van der Waals surface area contributed by atoms with Crippen LogP contribution in [0.3, 0.4) is 0 Å². The molecule has 12 heteroatoms. The first-order chi connectivity index (χ1) is 19.0. The van der Waals surface area contributed by atoms with Gasteiger partial charge in [-0.1, -0.05) is 41.4 Å². The lowest BCUT2D eigenvalue weighted by atomic mass is 10.1. The number of hydrogen-bond donors (Lipinski definition) is 1. The van der Waals surface area contributed by atoms with E-state index in [1.165, 1.54) is 18.2 Å². The Morgan fingerprint density at radius 2 is 1.51 bits per heavy atom. The van der Waals surface area contributed by atoms with Crippen molar-refractivity contribution in [2.24, 2.45) is 0 Å². The average molecular weight is 602 g/mol. The van der Waals surface area contributed by atoms with E-state index in [0.29, 0.717) is 5.69 Å². The highest BCUT2D eigenvalue weighted by Crippen LogP contribution is 2.38. The zero-order valence-electron chi connectivity index (χ0n) is 23.3. The Kier molecular flexibility index (Phi) is 7.86. The smallest absolute Gasteiger partial charge is 0.430 e.